The molecular weight excluding hydrogens is 245 g/mol. The van der Waals surface area contributed by atoms with E-state index in [1.807, 2.05) is 13.8 Å². The van der Waals surface area contributed by atoms with E-state index in [4.69, 9.17) is 0 Å². The zero-order valence-electron chi connectivity index (χ0n) is 11.0. The van der Waals surface area contributed by atoms with Crippen molar-refractivity contribution in [1.29, 1.82) is 0 Å². The van der Waals surface area contributed by atoms with Crippen molar-refractivity contribution in [3.63, 3.8) is 0 Å². The summed E-state index contributed by atoms with van der Waals surface area (Å²) in [5.41, 5.74) is 2.22. The molecule has 0 atom stereocenters. The van der Waals surface area contributed by atoms with Crippen LogP contribution in [0, 0.1) is 12.7 Å². The molecule has 1 aromatic heterocycles. The van der Waals surface area contributed by atoms with E-state index in [1.165, 1.54) is 6.07 Å². The molecule has 0 fully saturated rings. The molecule has 2 aromatic rings. The van der Waals surface area contributed by atoms with Crippen molar-refractivity contribution in [2.75, 3.05) is 5.32 Å². The second-order valence-electron chi connectivity index (χ2n) is 4.47. The summed E-state index contributed by atoms with van der Waals surface area (Å²) in [4.78, 5) is 11.9. The molecule has 1 amide bonds. The van der Waals surface area contributed by atoms with Crippen molar-refractivity contribution in [3.8, 4) is 0 Å². The quantitative estimate of drug-likeness (QED) is 0.888. The van der Waals surface area contributed by atoms with Gasteiger partial charge in [0, 0.05) is 5.69 Å². The van der Waals surface area contributed by atoms with Gasteiger partial charge in [-0.1, -0.05) is 19.4 Å². The van der Waals surface area contributed by atoms with Crippen molar-refractivity contribution < 1.29 is 9.18 Å². The summed E-state index contributed by atoms with van der Waals surface area (Å²) in [6.45, 7) is 3.88. The third kappa shape index (κ3) is 3.19. The largest absolute Gasteiger partial charge is 0.318 e. The molecule has 2 rings (SSSR count). The van der Waals surface area contributed by atoms with Gasteiger partial charge in [-0.25, -0.2) is 4.39 Å². The Morgan fingerprint density at radius 3 is 2.95 bits per heavy atom. The molecule has 0 spiro atoms. The van der Waals surface area contributed by atoms with E-state index in [-0.39, 0.29) is 11.4 Å². The van der Waals surface area contributed by atoms with Crippen LogP contribution in [0.3, 0.4) is 0 Å². The van der Waals surface area contributed by atoms with Gasteiger partial charge >= 0.3 is 0 Å². The average Bonchev–Trinajstić information content (AvgIpc) is 2.83. The Balaban J connectivity index is 2.13. The topological polar surface area (TPSA) is 57.8 Å². The first kappa shape index (κ1) is 13.3. The van der Waals surface area contributed by atoms with E-state index in [1.54, 1.807) is 18.2 Å². The van der Waals surface area contributed by atoms with E-state index >= 15 is 0 Å². The number of nitrogens with zero attached hydrogens (tertiary/aromatic N) is 1. The lowest BCUT2D eigenvalue weighted by molar-refractivity contribution is 0.102. The van der Waals surface area contributed by atoms with Crippen molar-refractivity contribution in [2.24, 2.45) is 0 Å². The smallest absolute Gasteiger partial charge is 0.276 e. The fourth-order valence-corrected chi connectivity index (χ4v) is 1.80. The molecule has 0 aliphatic rings. The van der Waals surface area contributed by atoms with Crippen molar-refractivity contribution in [2.45, 2.75) is 26.7 Å². The second kappa shape index (κ2) is 5.65. The van der Waals surface area contributed by atoms with Crippen LogP contribution in [-0.2, 0) is 6.42 Å². The average molecular weight is 261 g/mol. The fraction of sp³-hybridized carbons (Fsp3) is 0.286. The minimum Gasteiger partial charge on any atom is -0.318 e. The number of anilines is 1. The molecule has 0 saturated carbocycles. The molecule has 0 aliphatic heterocycles. The van der Waals surface area contributed by atoms with E-state index in [9.17, 15) is 9.18 Å². The maximum Gasteiger partial charge on any atom is 0.276 e. The molecular formula is C14H16FN3O. The standard InChI is InChI=1S/C14H16FN3O/c1-3-4-10-8-13(18-17-10)14(19)16-12-7-9(2)5-6-11(12)15/h5-8H,3-4H2,1-2H3,(H,16,19)(H,17,18). The Morgan fingerprint density at radius 1 is 1.42 bits per heavy atom. The molecule has 0 aliphatic carbocycles. The van der Waals surface area contributed by atoms with Gasteiger partial charge in [0.2, 0.25) is 0 Å². The van der Waals surface area contributed by atoms with Crippen LogP contribution in [0.5, 0.6) is 0 Å². The van der Waals surface area contributed by atoms with Crippen molar-refractivity contribution >= 4 is 11.6 Å². The first-order valence-corrected chi connectivity index (χ1v) is 6.22. The molecule has 4 nitrogen and oxygen atoms in total. The van der Waals surface area contributed by atoms with Crippen molar-refractivity contribution in [3.05, 3.63) is 47.0 Å². The lowest BCUT2D eigenvalue weighted by Crippen LogP contribution is -2.13. The maximum atomic E-state index is 13.5. The highest BCUT2D eigenvalue weighted by Crippen LogP contribution is 2.16. The highest BCUT2D eigenvalue weighted by molar-refractivity contribution is 6.03. The minimum atomic E-state index is -0.455. The van der Waals surface area contributed by atoms with Crippen LogP contribution in [0.2, 0.25) is 0 Å². The van der Waals surface area contributed by atoms with Crippen LogP contribution >= 0.6 is 0 Å². The van der Waals surface area contributed by atoms with Crippen LogP contribution in [0.4, 0.5) is 10.1 Å². The molecule has 1 heterocycles. The number of aryl methyl sites for hydroxylation is 2. The molecule has 0 saturated heterocycles. The van der Waals surface area contributed by atoms with E-state index in [0.717, 1.165) is 24.1 Å². The number of carbonyl (C=O) groups is 1. The number of hydrogen-bond acceptors (Lipinski definition) is 2. The van der Waals surface area contributed by atoms with Gasteiger partial charge in [-0.2, -0.15) is 5.10 Å². The third-order valence-electron chi connectivity index (χ3n) is 2.75. The Bertz CT molecular complexity index is 592. The van der Waals surface area contributed by atoms with Gasteiger partial charge in [0.25, 0.3) is 5.91 Å². The summed E-state index contributed by atoms with van der Waals surface area (Å²) in [6.07, 6.45) is 1.80. The molecule has 5 heteroatoms. The highest BCUT2D eigenvalue weighted by Gasteiger charge is 2.12. The summed E-state index contributed by atoms with van der Waals surface area (Å²) in [5, 5.41) is 9.24. The molecule has 2 N–H and O–H groups in total. The fourth-order valence-electron chi connectivity index (χ4n) is 1.80. The zero-order chi connectivity index (χ0) is 13.8. The molecule has 1 aromatic carbocycles. The van der Waals surface area contributed by atoms with Gasteiger partial charge in [0.05, 0.1) is 5.69 Å². The third-order valence-corrected chi connectivity index (χ3v) is 2.75. The number of amides is 1. The summed E-state index contributed by atoms with van der Waals surface area (Å²) in [6, 6.07) is 6.26. The van der Waals surface area contributed by atoms with Gasteiger partial charge in [-0.15, -0.1) is 0 Å². The lowest BCUT2D eigenvalue weighted by atomic mass is 10.2. The molecule has 19 heavy (non-hydrogen) atoms. The number of hydrogen-bond donors (Lipinski definition) is 2. The predicted octanol–water partition coefficient (Wildman–Crippen LogP) is 3.06. The number of benzene rings is 1. The zero-order valence-corrected chi connectivity index (χ0v) is 11.0. The number of halogens is 1. The van der Waals surface area contributed by atoms with Crippen molar-refractivity contribution in [1.82, 2.24) is 10.2 Å². The minimum absolute atomic E-state index is 0.171. The van der Waals surface area contributed by atoms with Gasteiger partial charge in [0.15, 0.2) is 5.69 Å². The number of aromatic amines is 1. The van der Waals surface area contributed by atoms with Crippen LogP contribution in [0.15, 0.2) is 24.3 Å². The molecule has 0 bridgehead atoms. The molecule has 0 unspecified atom stereocenters. The van der Waals surface area contributed by atoms with Crippen LogP contribution in [0.1, 0.15) is 35.1 Å². The van der Waals surface area contributed by atoms with Crippen LogP contribution in [0.25, 0.3) is 0 Å². The summed E-state index contributed by atoms with van der Waals surface area (Å²) in [5.74, 6) is -0.869. The number of aromatic nitrogens is 2. The predicted molar refractivity (Wildman–Crippen MR) is 71.7 cm³/mol. The van der Waals surface area contributed by atoms with Crippen LogP contribution in [-0.4, -0.2) is 16.1 Å². The second-order valence-corrected chi connectivity index (χ2v) is 4.47. The Kier molecular flexibility index (Phi) is 3.94. The Morgan fingerprint density at radius 2 is 2.21 bits per heavy atom. The van der Waals surface area contributed by atoms with E-state index in [2.05, 4.69) is 15.5 Å². The first-order valence-electron chi connectivity index (χ1n) is 6.22. The Hall–Kier alpha value is -2.17. The summed E-state index contributed by atoms with van der Waals surface area (Å²) < 4.78 is 13.5. The van der Waals surface area contributed by atoms with Gasteiger partial charge < -0.3 is 5.32 Å². The number of rotatable bonds is 4. The summed E-state index contributed by atoms with van der Waals surface area (Å²) >= 11 is 0. The SMILES string of the molecule is CCCc1cc(C(=O)Nc2cc(C)ccc2F)n[nH]1. The normalized spacial score (nSPS) is 10.5. The van der Waals surface area contributed by atoms with Gasteiger partial charge in [-0.3, -0.25) is 9.89 Å². The summed E-state index contributed by atoms with van der Waals surface area (Å²) in [7, 11) is 0. The lowest BCUT2D eigenvalue weighted by Gasteiger charge is -2.05. The monoisotopic (exact) mass is 261 g/mol. The molecule has 0 radical (unpaired) electrons. The number of carbonyl (C=O) groups excluding carboxylic acids is 1. The van der Waals surface area contributed by atoms with E-state index in [0.29, 0.717) is 0 Å². The van der Waals surface area contributed by atoms with Gasteiger partial charge in [-0.05, 0) is 37.1 Å². The van der Waals surface area contributed by atoms with E-state index < -0.39 is 11.7 Å². The first-order chi connectivity index (χ1) is 9.10. The highest BCUT2D eigenvalue weighted by atomic mass is 19.1. The number of nitrogens with one attached hydrogen (secondary N) is 2. The Labute approximate surface area is 111 Å². The number of H-pyrrole nitrogens is 1. The van der Waals surface area contributed by atoms with Gasteiger partial charge in [0.1, 0.15) is 5.82 Å². The maximum absolute atomic E-state index is 13.5. The van der Waals surface area contributed by atoms with Crippen LogP contribution < -0.4 is 5.32 Å². The molecule has 100 valence electrons.